The summed E-state index contributed by atoms with van der Waals surface area (Å²) in [5.41, 5.74) is 0. The third-order valence-corrected chi connectivity index (χ3v) is 12.7. The Bertz CT molecular complexity index is 1550. The van der Waals surface area contributed by atoms with Crippen LogP contribution in [0.15, 0.2) is 122 Å². The van der Waals surface area contributed by atoms with Crippen LogP contribution in [0.4, 0.5) is 0 Å². The minimum atomic E-state index is -4.36. The second kappa shape index (κ2) is 50.8. The van der Waals surface area contributed by atoms with Crippen molar-refractivity contribution < 1.29 is 32.9 Å². The van der Waals surface area contributed by atoms with Gasteiger partial charge in [-0.05, 0) is 89.9 Å². The quantitative estimate of drug-likeness (QED) is 0.0243. The number of phosphoric ester groups is 1. The number of carbonyl (C=O) groups excluding carboxylic acids is 1. The Morgan fingerprint density at radius 2 is 0.857 bits per heavy atom. The van der Waals surface area contributed by atoms with E-state index < -0.39 is 20.0 Å². The first-order chi connectivity index (χ1) is 34.0. The van der Waals surface area contributed by atoms with Crippen molar-refractivity contribution in [2.75, 3.05) is 40.9 Å². The molecule has 1 amide bonds. The number of aliphatic hydroxyl groups excluding tert-OH is 1. The van der Waals surface area contributed by atoms with E-state index in [4.69, 9.17) is 9.05 Å². The number of nitrogens with one attached hydrogen (secondary N) is 1. The van der Waals surface area contributed by atoms with E-state index in [1.807, 2.05) is 27.2 Å². The summed E-state index contributed by atoms with van der Waals surface area (Å²) < 4.78 is 23.6. The van der Waals surface area contributed by atoms with Gasteiger partial charge in [-0.25, -0.2) is 4.57 Å². The second-order valence-electron chi connectivity index (χ2n) is 19.6. The number of phosphoric acid groups is 1. The Morgan fingerprint density at radius 3 is 1.26 bits per heavy atom. The summed E-state index contributed by atoms with van der Waals surface area (Å²) in [6.45, 7) is 4.67. The van der Waals surface area contributed by atoms with Gasteiger partial charge in [0, 0.05) is 6.42 Å². The molecule has 0 aromatic heterocycles. The van der Waals surface area contributed by atoms with E-state index in [0.717, 1.165) is 116 Å². The molecule has 400 valence electrons. The number of carbonyl (C=O) groups is 1. The highest BCUT2D eigenvalue weighted by Crippen LogP contribution is 2.43. The van der Waals surface area contributed by atoms with E-state index in [1.165, 1.54) is 70.6 Å². The van der Waals surface area contributed by atoms with E-state index in [0.29, 0.717) is 17.4 Å². The predicted octanol–water partition coefficient (Wildman–Crippen LogP) is 17.0. The molecular weight excluding hydrogens is 888 g/mol. The Morgan fingerprint density at radius 1 is 0.500 bits per heavy atom. The number of rotatable bonds is 49. The molecule has 0 radical (unpaired) electrons. The maximum Gasteiger partial charge on any atom is 0.472 e. The fourth-order valence-corrected chi connectivity index (χ4v) is 8.06. The van der Waals surface area contributed by atoms with Gasteiger partial charge in [-0.3, -0.25) is 13.8 Å². The number of hydrogen-bond acceptors (Lipinski definition) is 5. The smallest absolute Gasteiger partial charge is 0.387 e. The number of likely N-dealkylation sites (N-methyl/N-ethyl adjacent to an activating group) is 1. The van der Waals surface area contributed by atoms with Crippen LogP contribution in [0.3, 0.4) is 0 Å². The van der Waals surface area contributed by atoms with Gasteiger partial charge < -0.3 is 19.8 Å². The lowest BCUT2D eigenvalue weighted by molar-refractivity contribution is -0.870. The summed E-state index contributed by atoms with van der Waals surface area (Å²) >= 11 is 0. The molecule has 3 N–H and O–H groups in total. The molecule has 9 heteroatoms. The Labute approximate surface area is 431 Å². The second-order valence-corrected chi connectivity index (χ2v) is 21.0. The van der Waals surface area contributed by atoms with Gasteiger partial charge in [-0.1, -0.05) is 232 Å². The molecule has 0 aliphatic carbocycles. The van der Waals surface area contributed by atoms with E-state index in [-0.39, 0.29) is 19.1 Å². The standard InChI is InChI=1S/C61H105N2O6P/c1-6-8-10-12-14-16-18-20-22-23-24-25-26-27-28-29-30-31-32-33-34-35-36-37-38-39-41-43-45-47-49-51-53-55-61(65)62-59(58-69-70(66,67)68-57-56-63(3,4)5)60(64)54-52-50-48-46-44-42-40-21-19-17-15-13-11-9-7-2/h8,10,14,16,20,22,24-25,27-28,30-31,33-34,36-37,39,41,52,54,59-60,64H,6-7,9,11-13,15,17-19,21,23,26,29,32,35,38,40,42-51,53,55-58H2,1-5H3,(H-,62,65,66,67)/p+1/b10-8-,16-14-,22-20-,25-24-,28-27-,31-30-,34-33-,37-36-,41-39-,54-52+. The summed E-state index contributed by atoms with van der Waals surface area (Å²) in [7, 11) is 1.54. The topological polar surface area (TPSA) is 105 Å². The van der Waals surface area contributed by atoms with Crippen molar-refractivity contribution in [2.45, 2.75) is 219 Å². The molecular formula is C61H106N2O6P+. The zero-order valence-corrected chi connectivity index (χ0v) is 46.4. The number of aliphatic hydroxyl groups is 1. The third-order valence-electron chi connectivity index (χ3n) is 11.7. The molecule has 0 aliphatic rings. The zero-order chi connectivity index (χ0) is 51.3. The van der Waals surface area contributed by atoms with Gasteiger partial charge in [0.2, 0.25) is 5.91 Å². The van der Waals surface area contributed by atoms with Crippen LogP contribution >= 0.6 is 7.82 Å². The van der Waals surface area contributed by atoms with E-state index in [9.17, 15) is 19.4 Å². The minimum absolute atomic E-state index is 0.0509. The lowest BCUT2D eigenvalue weighted by Crippen LogP contribution is -2.45. The largest absolute Gasteiger partial charge is 0.472 e. The Hall–Kier alpha value is -3.10. The van der Waals surface area contributed by atoms with Crippen molar-refractivity contribution in [1.29, 1.82) is 0 Å². The monoisotopic (exact) mass is 994 g/mol. The third kappa shape index (κ3) is 52.7. The Balaban J connectivity index is 4.28. The molecule has 0 rings (SSSR count). The predicted molar refractivity (Wildman–Crippen MR) is 304 cm³/mol. The van der Waals surface area contributed by atoms with Crippen LogP contribution in [0.25, 0.3) is 0 Å². The van der Waals surface area contributed by atoms with Gasteiger partial charge in [0.05, 0.1) is 39.9 Å². The first kappa shape index (κ1) is 66.9. The maximum absolute atomic E-state index is 13.0. The molecule has 0 saturated heterocycles. The molecule has 3 atom stereocenters. The van der Waals surface area contributed by atoms with E-state index in [2.05, 4.69) is 129 Å². The van der Waals surface area contributed by atoms with Crippen molar-refractivity contribution in [3.8, 4) is 0 Å². The Kier molecular flexibility index (Phi) is 48.6. The van der Waals surface area contributed by atoms with Crippen LogP contribution < -0.4 is 5.32 Å². The molecule has 0 aromatic rings. The fourth-order valence-electron chi connectivity index (χ4n) is 7.33. The zero-order valence-electron chi connectivity index (χ0n) is 45.5. The summed E-state index contributed by atoms with van der Waals surface area (Å²) in [5.74, 6) is -0.201. The number of allylic oxidation sites excluding steroid dienone is 19. The van der Waals surface area contributed by atoms with Gasteiger partial charge in [-0.2, -0.15) is 0 Å². The number of amides is 1. The van der Waals surface area contributed by atoms with Crippen LogP contribution in [0.2, 0.25) is 0 Å². The van der Waals surface area contributed by atoms with E-state index in [1.54, 1.807) is 6.08 Å². The van der Waals surface area contributed by atoms with Crippen molar-refractivity contribution in [3.05, 3.63) is 122 Å². The van der Waals surface area contributed by atoms with Gasteiger partial charge in [0.25, 0.3) is 0 Å². The molecule has 0 spiro atoms. The first-order valence-electron chi connectivity index (χ1n) is 27.9. The lowest BCUT2D eigenvalue weighted by Gasteiger charge is -2.25. The molecule has 3 unspecified atom stereocenters. The summed E-state index contributed by atoms with van der Waals surface area (Å²) in [5, 5.41) is 13.9. The highest BCUT2D eigenvalue weighted by molar-refractivity contribution is 7.47. The summed E-state index contributed by atoms with van der Waals surface area (Å²) in [6, 6.07) is -0.866. The highest BCUT2D eigenvalue weighted by Gasteiger charge is 2.27. The number of hydrogen-bond donors (Lipinski definition) is 3. The van der Waals surface area contributed by atoms with Crippen LogP contribution in [0.1, 0.15) is 206 Å². The van der Waals surface area contributed by atoms with Crippen molar-refractivity contribution in [1.82, 2.24) is 5.32 Å². The molecule has 0 heterocycles. The fraction of sp³-hybridized carbons (Fsp3) is 0.656. The van der Waals surface area contributed by atoms with Crippen molar-refractivity contribution in [3.63, 3.8) is 0 Å². The first-order valence-corrected chi connectivity index (χ1v) is 29.4. The van der Waals surface area contributed by atoms with Crippen LogP contribution in [0.5, 0.6) is 0 Å². The highest BCUT2D eigenvalue weighted by atomic mass is 31.2. The van der Waals surface area contributed by atoms with Crippen molar-refractivity contribution in [2.24, 2.45) is 0 Å². The molecule has 0 bridgehead atoms. The molecule has 0 aromatic carbocycles. The van der Waals surface area contributed by atoms with Crippen molar-refractivity contribution >= 4 is 13.7 Å². The van der Waals surface area contributed by atoms with Gasteiger partial charge in [0.1, 0.15) is 13.2 Å². The van der Waals surface area contributed by atoms with Gasteiger partial charge in [-0.15, -0.1) is 0 Å². The minimum Gasteiger partial charge on any atom is -0.387 e. The molecule has 70 heavy (non-hydrogen) atoms. The molecule has 8 nitrogen and oxygen atoms in total. The summed E-state index contributed by atoms with van der Waals surface area (Å²) in [4.78, 5) is 23.3. The number of unbranched alkanes of at least 4 members (excludes halogenated alkanes) is 18. The molecule has 0 aliphatic heterocycles. The normalized spacial score (nSPS) is 14.9. The number of quaternary nitrogens is 1. The van der Waals surface area contributed by atoms with Gasteiger partial charge >= 0.3 is 7.82 Å². The average Bonchev–Trinajstić information content (AvgIpc) is 3.32. The average molecular weight is 995 g/mol. The molecule has 0 fully saturated rings. The number of nitrogens with zero attached hydrogens (tertiary/aromatic N) is 1. The lowest BCUT2D eigenvalue weighted by atomic mass is 10.0. The van der Waals surface area contributed by atoms with Gasteiger partial charge in [0.15, 0.2) is 0 Å². The van der Waals surface area contributed by atoms with E-state index >= 15 is 0 Å². The molecule has 0 saturated carbocycles. The maximum atomic E-state index is 13.0. The van der Waals surface area contributed by atoms with Crippen LogP contribution in [-0.2, 0) is 18.4 Å². The SMILES string of the molecule is CC/C=C\C/C=C\C/C=C\C/C=C\C/C=C\C/C=C\C/C=C\C/C=C\C/C=C\CCCCCCCC(=O)NC(COP(=O)(O)OCC[N+](C)(C)C)C(O)/C=C/CCCCCCCCCCCCCCC. The van der Waals surface area contributed by atoms with Crippen LogP contribution in [-0.4, -0.2) is 73.4 Å². The van der Waals surface area contributed by atoms with Crippen LogP contribution in [0, 0.1) is 0 Å². The summed E-state index contributed by atoms with van der Waals surface area (Å²) in [6.07, 6.45) is 75.7.